The van der Waals surface area contributed by atoms with Gasteiger partial charge in [-0.2, -0.15) is 0 Å². The monoisotopic (exact) mass is 363 g/mol. The third-order valence-corrected chi connectivity index (χ3v) is 5.49. The second-order valence-corrected chi connectivity index (χ2v) is 7.91. The van der Waals surface area contributed by atoms with E-state index in [1.165, 1.54) is 0 Å². The first-order chi connectivity index (χ1) is 12.2. The van der Waals surface area contributed by atoms with Gasteiger partial charge in [0.2, 0.25) is 5.91 Å². The minimum Gasteiger partial charge on any atom is -0.493 e. The van der Waals surface area contributed by atoms with E-state index in [2.05, 4.69) is 18.7 Å². The van der Waals surface area contributed by atoms with Crippen molar-refractivity contribution in [1.82, 2.24) is 9.80 Å². The maximum atomic E-state index is 12.9. The summed E-state index contributed by atoms with van der Waals surface area (Å²) in [6, 6.07) is 5.76. The molecule has 0 spiro atoms. The minimum absolute atomic E-state index is 0.0225. The number of rotatable bonds is 6. The number of hydrogen-bond acceptors (Lipinski definition) is 5. The lowest BCUT2D eigenvalue weighted by Gasteiger charge is -2.45. The molecule has 0 bridgehead atoms. The molecule has 2 N–H and O–H groups in total. The van der Waals surface area contributed by atoms with E-state index in [1.54, 1.807) is 19.1 Å². The number of likely N-dealkylation sites (N-methyl/N-ethyl adjacent to an activating group) is 1. The normalized spacial score (nSPS) is 21.1. The largest absolute Gasteiger partial charge is 0.493 e. The van der Waals surface area contributed by atoms with Crippen LogP contribution in [0.2, 0.25) is 0 Å². The van der Waals surface area contributed by atoms with Gasteiger partial charge in [-0.15, -0.1) is 0 Å². The summed E-state index contributed by atoms with van der Waals surface area (Å²) in [7, 11) is 5.07. The highest BCUT2D eigenvalue weighted by molar-refractivity contribution is 5.81. The van der Waals surface area contributed by atoms with Gasteiger partial charge in [-0.1, -0.05) is 19.9 Å². The van der Waals surface area contributed by atoms with Crippen molar-refractivity contribution in [2.45, 2.75) is 45.8 Å². The second kappa shape index (κ2) is 8.27. The van der Waals surface area contributed by atoms with Gasteiger partial charge in [-0.05, 0) is 36.5 Å². The molecule has 6 nitrogen and oxygen atoms in total. The molecule has 0 aromatic heterocycles. The fourth-order valence-electron chi connectivity index (χ4n) is 3.55. The molecule has 26 heavy (non-hydrogen) atoms. The summed E-state index contributed by atoms with van der Waals surface area (Å²) < 4.78 is 10.6. The van der Waals surface area contributed by atoms with Crippen molar-refractivity contribution in [2.75, 3.05) is 34.4 Å². The number of piperidine rings is 1. The van der Waals surface area contributed by atoms with Crippen LogP contribution in [-0.4, -0.2) is 62.1 Å². The maximum absolute atomic E-state index is 12.9. The Morgan fingerprint density at radius 2 is 2.00 bits per heavy atom. The van der Waals surface area contributed by atoms with Crippen molar-refractivity contribution in [3.63, 3.8) is 0 Å². The van der Waals surface area contributed by atoms with E-state index in [9.17, 15) is 4.79 Å². The Kier molecular flexibility index (Phi) is 6.53. The SMILES string of the molecule is COc1ccc(CN(C)C(=O)C(C)N2CCC(N)C(C)(C)C2)cc1OC. The topological polar surface area (TPSA) is 68.0 Å². The van der Waals surface area contributed by atoms with Crippen LogP contribution in [0.1, 0.15) is 32.8 Å². The van der Waals surface area contributed by atoms with E-state index in [0.29, 0.717) is 18.0 Å². The molecule has 1 amide bonds. The highest BCUT2D eigenvalue weighted by Crippen LogP contribution is 2.30. The van der Waals surface area contributed by atoms with E-state index >= 15 is 0 Å². The first-order valence-electron chi connectivity index (χ1n) is 9.15. The third-order valence-electron chi connectivity index (χ3n) is 5.49. The Hall–Kier alpha value is -1.79. The number of carbonyl (C=O) groups excluding carboxylic acids is 1. The zero-order valence-electron chi connectivity index (χ0n) is 16.9. The molecule has 6 heteroatoms. The molecule has 2 unspecified atom stereocenters. The lowest BCUT2D eigenvalue weighted by molar-refractivity contribution is -0.137. The van der Waals surface area contributed by atoms with Crippen molar-refractivity contribution in [3.05, 3.63) is 23.8 Å². The Morgan fingerprint density at radius 3 is 2.58 bits per heavy atom. The van der Waals surface area contributed by atoms with Crippen LogP contribution in [-0.2, 0) is 11.3 Å². The van der Waals surface area contributed by atoms with Gasteiger partial charge in [0.15, 0.2) is 11.5 Å². The zero-order valence-corrected chi connectivity index (χ0v) is 16.9. The summed E-state index contributed by atoms with van der Waals surface area (Å²) in [4.78, 5) is 16.9. The van der Waals surface area contributed by atoms with Crippen LogP contribution in [0.3, 0.4) is 0 Å². The average molecular weight is 364 g/mol. The van der Waals surface area contributed by atoms with Crippen molar-refractivity contribution < 1.29 is 14.3 Å². The number of nitrogens with two attached hydrogens (primary N) is 1. The minimum atomic E-state index is -0.160. The summed E-state index contributed by atoms with van der Waals surface area (Å²) in [5.41, 5.74) is 7.25. The maximum Gasteiger partial charge on any atom is 0.239 e. The van der Waals surface area contributed by atoms with E-state index < -0.39 is 0 Å². The Labute approximate surface area is 157 Å². The number of ether oxygens (including phenoxy) is 2. The van der Waals surface area contributed by atoms with Crippen LogP contribution in [0.25, 0.3) is 0 Å². The van der Waals surface area contributed by atoms with E-state index in [1.807, 2.05) is 32.2 Å². The van der Waals surface area contributed by atoms with E-state index in [-0.39, 0.29) is 23.4 Å². The summed E-state index contributed by atoms with van der Waals surface area (Å²) in [5, 5.41) is 0. The van der Waals surface area contributed by atoms with Gasteiger partial charge in [-0.25, -0.2) is 0 Å². The highest BCUT2D eigenvalue weighted by atomic mass is 16.5. The molecule has 1 aromatic carbocycles. The number of likely N-dealkylation sites (tertiary alicyclic amines) is 1. The van der Waals surface area contributed by atoms with Crippen LogP contribution >= 0.6 is 0 Å². The molecule has 1 aliphatic heterocycles. The molecule has 1 fully saturated rings. The second-order valence-electron chi connectivity index (χ2n) is 7.91. The van der Waals surface area contributed by atoms with Crippen LogP contribution in [0.5, 0.6) is 11.5 Å². The summed E-state index contributed by atoms with van der Waals surface area (Å²) in [5.74, 6) is 1.47. The summed E-state index contributed by atoms with van der Waals surface area (Å²) >= 11 is 0. The van der Waals surface area contributed by atoms with E-state index in [0.717, 1.165) is 25.1 Å². The first kappa shape index (κ1) is 20.5. The van der Waals surface area contributed by atoms with Gasteiger partial charge in [-0.3, -0.25) is 9.69 Å². The van der Waals surface area contributed by atoms with Gasteiger partial charge in [0.25, 0.3) is 0 Å². The number of benzene rings is 1. The van der Waals surface area contributed by atoms with Crippen LogP contribution in [0.15, 0.2) is 18.2 Å². The quantitative estimate of drug-likeness (QED) is 0.838. The molecule has 1 heterocycles. The van der Waals surface area contributed by atoms with Crippen molar-refractivity contribution >= 4 is 5.91 Å². The van der Waals surface area contributed by atoms with Gasteiger partial charge < -0.3 is 20.1 Å². The molecule has 1 saturated heterocycles. The van der Waals surface area contributed by atoms with Crippen molar-refractivity contribution in [3.8, 4) is 11.5 Å². The van der Waals surface area contributed by atoms with Crippen LogP contribution in [0.4, 0.5) is 0 Å². The molecule has 0 saturated carbocycles. The standard InChI is InChI=1S/C20H33N3O3/c1-14(23-10-9-18(21)20(2,3)13-23)19(24)22(4)12-15-7-8-16(25-5)17(11-15)26-6/h7-8,11,14,18H,9-10,12-13,21H2,1-6H3. The predicted octanol–water partition coefficient (Wildman–Crippen LogP) is 2.11. The molecular weight excluding hydrogens is 330 g/mol. The van der Waals surface area contributed by atoms with Crippen molar-refractivity contribution in [2.24, 2.45) is 11.1 Å². The smallest absolute Gasteiger partial charge is 0.239 e. The molecule has 2 atom stereocenters. The van der Waals surface area contributed by atoms with Crippen molar-refractivity contribution in [1.29, 1.82) is 0 Å². The first-order valence-corrected chi connectivity index (χ1v) is 9.15. The highest BCUT2D eigenvalue weighted by Gasteiger charge is 2.37. The zero-order chi connectivity index (χ0) is 19.5. The average Bonchev–Trinajstić information content (AvgIpc) is 2.62. The Morgan fingerprint density at radius 1 is 1.35 bits per heavy atom. The van der Waals surface area contributed by atoms with Crippen LogP contribution < -0.4 is 15.2 Å². The third kappa shape index (κ3) is 4.48. The lowest BCUT2D eigenvalue weighted by Crippen LogP contribution is -2.57. The number of nitrogens with zero attached hydrogens (tertiary/aromatic N) is 2. The van der Waals surface area contributed by atoms with Gasteiger partial charge in [0.1, 0.15) is 0 Å². The molecule has 0 aliphatic carbocycles. The van der Waals surface area contributed by atoms with Gasteiger partial charge in [0, 0.05) is 32.7 Å². The molecule has 2 rings (SSSR count). The molecule has 1 aliphatic rings. The van der Waals surface area contributed by atoms with Gasteiger partial charge >= 0.3 is 0 Å². The fraction of sp³-hybridized carbons (Fsp3) is 0.650. The molecule has 146 valence electrons. The number of methoxy groups -OCH3 is 2. The Bertz CT molecular complexity index is 633. The molecule has 0 radical (unpaired) electrons. The predicted molar refractivity (Wildman–Crippen MR) is 103 cm³/mol. The lowest BCUT2D eigenvalue weighted by atomic mass is 9.79. The molecular formula is C20H33N3O3. The summed E-state index contributed by atoms with van der Waals surface area (Å²) in [6.45, 7) is 8.57. The fourth-order valence-corrected chi connectivity index (χ4v) is 3.55. The summed E-state index contributed by atoms with van der Waals surface area (Å²) in [6.07, 6.45) is 0.921. The Balaban J connectivity index is 2.03. The number of amides is 1. The van der Waals surface area contributed by atoms with Crippen LogP contribution in [0, 0.1) is 5.41 Å². The number of hydrogen-bond donors (Lipinski definition) is 1. The van der Waals surface area contributed by atoms with Gasteiger partial charge in [0.05, 0.1) is 20.3 Å². The number of carbonyl (C=O) groups is 1. The van der Waals surface area contributed by atoms with E-state index in [4.69, 9.17) is 15.2 Å². The molecule has 1 aromatic rings.